The molecule has 1 aromatic heterocycles. The van der Waals surface area contributed by atoms with Gasteiger partial charge in [0.25, 0.3) is 0 Å². The predicted octanol–water partition coefficient (Wildman–Crippen LogP) is 4.77. The van der Waals surface area contributed by atoms with Crippen molar-refractivity contribution in [3.8, 4) is 17.7 Å². The van der Waals surface area contributed by atoms with Gasteiger partial charge in [-0.1, -0.05) is 24.6 Å². The highest BCUT2D eigenvalue weighted by molar-refractivity contribution is 6.29. The van der Waals surface area contributed by atoms with Crippen molar-refractivity contribution in [2.24, 2.45) is 0 Å². The molecule has 1 fully saturated rings. The molecule has 1 aliphatic rings. The molecule has 3 rings (SSSR count). The number of nitriles is 1. The van der Waals surface area contributed by atoms with Crippen LogP contribution >= 0.6 is 11.6 Å². The van der Waals surface area contributed by atoms with E-state index in [0.29, 0.717) is 23.3 Å². The number of rotatable bonds is 4. The number of Topliss-reactive ketones (excluding diaryl/α,β-unsaturated/α-hetero) is 2. The number of ether oxygens (including phenoxy) is 2. The van der Waals surface area contributed by atoms with E-state index in [1.54, 1.807) is 39.8 Å². The van der Waals surface area contributed by atoms with Crippen LogP contribution in [0, 0.1) is 11.3 Å². The Balaban J connectivity index is 2.07. The van der Waals surface area contributed by atoms with Gasteiger partial charge in [-0.3, -0.25) is 9.59 Å². The lowest BCUT2D eigenvalue weighted by Gasteiger charge is -2.43. The molecule has 0 bridgehead atoms. The molecule has 1 saturated heterocycles. The zero-order valence-electron chi connectivity index (χ0n) is 17.6. The molecule has 1 aliphatic heterocycles. The van der Waals surface area contributed by atoms with Crippen LogP contribution in [0.25, 0.3) is 0 Å². The smallest absolute Gasteiger partial charge is 0.221 e. The van der Waals surface area contributed by atoms with E-state index in [1.807, 2.05) is 19.1 Å². The van der Waals surface area contributed by atoms with Gasteiger partial charge in [0.05, 0.1) is 11.6 Å². The zero-order valence-corrected chi connectivity index (χ0v) is 18.3. The van der Waals surface area contributed by atoms with Gasteiger partial charge < -0.3 is 9.47 Å². The molecule has 0 N–H and O–H groups in total. The summed E-state index contributed by atoms with van der Waals surface area (Å²) in [5.41, 5.74) is -0.412. The fourth-order valence-corrected chi connectivity index (χ4v) is 3.97. The largest absolute Gasteiger partial charge is 0.439 e. The number of ketones is 2. The van der Waals surface area contributed by atoms with Gasteiger partial charge >= 0.3 is 0 Å². The summed E-state index contributed by atoms with van der Waals surface area (Å²) in [7, 11) is 0. The van der Waals surface area contributed by atoms with Gasteiger partial charge in [-0.25, -0.2) is 4.98 Å². The van der Waals surface area contributed by atoms with Crippen molar-refractivity contribution in [1.82, 2.24) is 4.98 Å². The van der Waals surface area contributed by atoms with Crippen LogP contribution in [-0.4, -0.2) is 27.8 Å². The van der Waals surface area contributed by atoms with Crippen LogP contribution in [0.5, 0.6) is 11.6 Å². The zero-order chi connectivity index (χ0) is 22.3. The number of halogens is 1. The first-order chi connectivity index (χ1) is 14.0. The van der Waals surface area contributed by atoms with E-state index in [2.05, 4.69) is 4.98 Å². The second kappa shape index (κ2) is 7.82. The summed E-state index contributed by atoms with van der Waals surface area (Å²) >= 11 is 5.95. The second-order valence-electron chi connectivity index (χ2n) is 8.23. The summed E-state index contributed by atoms with van der Waals surface area (Å²) < 4.78 is 11.6. The standard InChI is InChI=1S/C23H23ClN2O4/c1-6-14-7-8-15(29-18-10-13(12-25)9-17(24)26-18)11-16(14)19-20(27)22(2,3)30-23(4,5)21(19)28/h7-11,19H,6H2,1-5H3. The summed E-state index contributed by atoms with van der Waals surface area (Å²) in [5, 5.41) is 9.25. The van der Waals surface area contributed by atoms with Crippen molar-refractivity contribution in [2.45, 2.75) is 58.2 Å². The topological polar surface area (TPSA) is 89.3 Å². The van der Waals surface area contributed by atoms with Crippen LogP contribution in [0.4, 0.5) is 0 Å². The quantitative estimate of drug-likeness (QED) is 0.516. The number of benzene rings is 1. The van der Waals surface area contributed by atoms with Crippen molar-refractivity contribution >= 4 is 23.2 Å². The minimum absolute atomic E-state index is 0.132. The summed E-state index contributed by atoms with van der Waals surface area (Å²) in [6, 6.07) is 10.2. The molecule has 0 saturated carbocycles. The van der Waals surface area contributed by atoms with E-state index in [-0.39, 0.29) is 22.6 Å². The Hall–Kier alpha value is -2.75. The van der Waals surface area contributed by atoms with Crippen LogP contribution in [0.3, 0.4) is 0 Å². The van der Waals surface area contributed by atoms with E-state index in [1.165, 1.54) is 12.1 Å². The molecule has 7 heteroatoms. The lowest BCUT2D eigenvalue weighted by atomic mass is 9.73. The highest BCUT2D eigenvalue weighted by atomic mass is 35.5. The number of aromatic nitrogens is 1. The first-order valence-corrected chi connectivity index (χ1v) is 10.0. The van der Waals surface area contributed by atoms with Crippen molar-refractivity contribution in [3.05, 3.63) is 52.2 Å². The molecule has 0 amide bonds. The number of nitrogens with zero attached hydrogens (tertiary/aromatic N) is 2. The van der Waals surface area contributed by atoms with E-state index < -0.39 is 17.1 Å². The third-order valence-electron chi connectivity index (χ3n) is 5.15. The molecule has 2 heterocycles. The minimum atomic E-state index is -1.10. The molecular formula is C23H23ClN2O4. The van der Waals surface area contributed by atoms with Crippen LogP contribution in [0.2, 0.25) is 5.15 Å². The molecule has 0 radical (unpaired) electrons. The molecule has 1 aromatic carbocycles. The number of hydrogen-bond donors (Lipinski definition) is 0. The molecule has 0 atom stereocenters. The SMILES string of the molecule is CCc1ccc(Oc2cc(C#N)cc(Cl)n2)cc1C1C(=O)C(C)(C)OC(C)(C)C1=O. The van der Waals surface area contributed by atoms with E-state index in [9.17, 15) is 9.59 Å². The van der Waals surface area contributed by atoms with Gasteiger partial charge in [-0.2, -0.15) is 5.26 Å². The van der Waals surface area contributed by atoms with Gasteiger partial charge in [0.1, 0.15) is 28.0 Å². The predicted molar refractivity (Wildman–Crippen MR) is 112 cm³/mol. The first kappa shape index (κ1) is 21.9. The van der Waals surface area contributed by atoms with Gasteiger partial charge in [-0.05, 0) is 63.4 Å². The van der Waals surface area contributed by atoms with Crippen LogP contribution in [-0.2, 0) is 20.7 Å². The van der Waals surface area contributed by atoms with E-state index in [0.717, 1.165) is 5.56 Å². The van der Waals surface area contributed by atoms with Gasteiger partial charge in [0.15, 0.2) is 11.6 Å². The van der Waals surface area contributed by atoms with Gasteiger partial charge in [0, 0.05) is 6.07 Å². The molecule has 6 nitrogen and oxygen atoms in total. The average Bonchev–Trinajstić information content (AvgIpc) is 2.66. The maximum atomic E-state index is 13.2. The summed E-state index contributed by atoms with van der Waals surface area (Å²) in [4.78, 5) is 30.4. The van der Waals surface area contributed by atoms with E-state index in [4.69, 9.17) is 26.3 Å². The van der Waals surface area contributed by atoms with Crippen LogP contribution < -0.4 is 4.74 Å². The monoisotopic (exact) mass is 426 g/mol. The third kappa shape index (κ3) is 4.09. The fraction of sp³-hybridized carbons (Fsp3) is 0.391. The Kier molecular flexibility index (Phi) is 5.72. The number of aryl methyl sites for hydroxylation is 1. The van der Waals surface area contributed by atoms with E-state index >= 15 is 0 Å². The lowest BCUT2D eigenvalue weighted by Crippen LogP contribution is -2.58. The normalized spacial score (nSPS) is 18.2. The van der Waals surface area contributed by atoms with Gasteiger partial charge in [-0.15, -0.1) is 0 Å². The number of carbonyl (C=O) groups is 2. The van der Waals surface area contributed by atoms with Crippen molar-refractivity contribution in [1.29, 1.82) is 5.26 Å². The van der Waals surface area contributed by atoms with Crippen molar-refractivity contribution < 1.29 is 19.1 Å². The Morgan fingerprint density at radius 3 is 2.33 bits per heavy atom. The summed E-state index contributed by atoms with van der Waals surface area (Å²) in [6.07, 6.45) is 0.641. The molecule has 0 unspecified atom stereocenters. The molecule has 2 aromatic rings. The molecule has 156 valence electrons. The highest BCUT2D eigenvalue weighted by Gasteiger charge is 2.53. The first-order valence-electron chi connectivity index (χ1n) is 9.65. The van der Waals surface area contributed by atoms with Crippen molar-refractivity contribution in [3.63, 3.8) is 0 Å². The van der Waals surface area contributed by atoms with Crippen LogP contribution in [0.1, 0.15) is 57.2 Å². The molecular weight excluding hydrogens is 404 g/mol. The Morgan fingerprint density at radius 2 is 1.77 bits per heavy atom. The van der Waals surface area contributed by atoms with Gasteiger partial charge in [0.2, 0.25) is 5.88 Å². The van der Waals surface area contributed by atoms with Crippen LogP contribution in [0.15, 0.2) is 30.3 Å². The Labute approximate surface area is 180 Å². The summed E-state index contributed by atoms with van der Waals surface area (Å²) in [6.45, 7) is 8.69. The Bertz CT molecular complexity index is 1040. The lowest BCUT2D eigenvalue weighted by molar-refractivity contribution is -0.184. The highest BCUT2D eigenvalue weighted by Crippen LogP contribution is 2.40. The number of carbonyl (C=O) groups excluding carboxylic acids is 2. The molecule has 30 heavy (non-hydrogen) atoms. The maximum absolute atomic E-state index is 13.2. The molecule has 0 aliphatic carbocycles. The summed E-state index contributed by atoms with van der Waals surface area (Å²) in [5.74, 6) is -0.981. The third-order valence-corrected chi connectivity index (χ3v) is 5.35. The van der Waals surface area contributed by atoms with Crippen molar-refractivity contribution in [2.75, 3.05) is 0 Å². The molecule has 0 spiro atoms. The maximum Gasteiger partial charge on any atom is 0.221 e. The second-order valence-corrected chi connectivity index (χ2v) is 8.62. The Morgan fingerprint density at radius 1 is 1.13 bits per heavy atom. The fourth-order valence-electron chi connectivity index (χ4n) is 3.77. The number of pyridine rings is 1. The minimum Gasteiger partial charge on any atom is -0.439 e. The average molecular weight is 427 g/mol. The number of hydrogen-bond acceptors (Lipinski definition) is 6.